The SMILES string of the molecule is NN(F)c1ccc([N+](=O)[O-])cc1. The molecule has 0 spiro atoms. The van der Waals surface area contributed by atoms with Gasteiger partial charge in [0.05, 0.1) is 10.6 Å². The highest BCUT2D eigenvalue weighted by Gasteiger charge is 2.05. The number of halogens is 1. The molecule has 1 rings (SSSR count). The zero-order chi connectivity index (χ0) is 9.14. The Kier molecular flexibility index (Phi) is 2.20. The predicted octanol–water partition coefficient (Wildman–Crippen LogP) is 1.16. The van der Waals surface area contributed by atoms with Gasteiger partial charge in [0.1, 0.15) is 0 Å². The number of non-ortho nitro benzene ring substituents is 1. The first kappa shape index (κ1) is 8.41. The summed E-state index contributed by atoms with van der Waals surface area (Å²) in [7, 11) is 0. The van der Waals surface area contributed by atoms with Crippen LogP contribution in [0.15, 0.2) is 24.3 Å². The first-order valence-electron chi connectivity index (χ1n) is 3.06. The Morgan fingerprint density at radius 3 is 2.25 bits per heavy atom. The molecule has 0 heterocycles. The summed E-state index contributed by atoms with van der Waals surface area (Å²) >= 11 is 0. The van der Waals surface area contributed by atoms with Crippen LogP contribution in [0, 0.1) is 10.1 Å². The standard InChI is InChI=1S/C6H6FN3O2/c7-9(8)5-1-3-6(4-2-5)10(11)12/h1-4H,8H2. The molecule has 6 heteroatoms. The summed E-state index contributed by atoms with van der Waals surface area (Å²) in [5, 5.41) is 10.0. The minimum atomic E-state index is -0.567. The molecule has 64 valence electrons. The van der Waals surface area contributed by atoms with Gasteiger partial charge in [0.15, 0.2) is 0 Å². The van der Waals surface area contributed by atoms with Crippen molar-refractivity contribution in [2.75, 3.05) is 5.23 Å². The first-order valence-corrected chi connectivity index (χ1v) is 3.06. The quantitative estimate of drug-likeness (QED) is 0.313. The number of hydrogen-bond acceptors (Lipinski definition) is 4. The Morgan fingerprint density at radius 2 is 1.92 bits per heavy atom. The van der Waals surface area contributed by atoms with Gasteiger partial charge in [0.25, 0.3) is 5.69 Å². The number of nitro groups is 1. The largest absolute Gasteiger partial charge is 0.269 e. The Balaban J connectivity index is 2.93. The van der Waals surface area contributed by atoms with E-state index >= 15 is 0 Å². The Bertz CT molecular complexity index is 285. The molecule has 2 N–H and O–H groups in total. The van der Waals surface area contributed by atoms with Crippen molar-refractivity contribution in [3.05, 3.63) is 34.4 Å². The van der Waals surface area contributed by atoms with Gasteiger partial charge in [-0.1, -0.05) is 4.48 Å². The van der Waals surface area contributed by atoms with Gasteiger partial charge in [-0.15, -0.1) is 5.23 Å². The lowest BCUT2D eigenvalue weighted by Crippen LogP contribution is -2.19. The number of rotatable bonds is 2. The van der Waals surface area contributed by atoms with Crippen LogP contribution in [0.1, 0.15) is 0 Å². The van der Waals surface area contributed by atoms with E-state index in [1.807, 2.05) is 0 Å². The number of hydrazine groups is 1. The number of benzene rings is 1. The molecule has 0 atom stereocenters. The number of nitrogens with two attached hydrogens (primary N) is 1. The summed E-state index contributed by atoms with van der Waals surface area (Å²) in [5.74, 6) is 4.74. The lowest BCUT2D eigenvalue weighted by molar-refractivity contribution is -0.384. The zero-order valence-electron chi connectivity index (χ0n) is 5.98. The van der Waals surface area contributed by atoms with Crippen molar-refractivity contribution >= 4 is 11.4 Å². The van der Waals surface area contributed by atoms with E-state index in [-0.39, 0.29) is 16.6 Å². The normalized spacial score (nSPS) is 9.50. The Labute approximate surface area is 67.3 Å². The van der Waals surface area contributed by atoms with E-state index in [1.165, 1.54) is 24.3 Å². The highest BCUT2D eigenvalue weighted by Crippen LogP contribution is 2.17. The van der Waals surface area contributed by atoms with Gasteiger partial charge < -0.3 is 0 Å². The molecule has 0 aliphatic carbocycles. The molecule has 0 saturated heterocycles. The molecule has 0 aromatic heterocycles. The lowest BCUT2D eigenvalue weighted by atomic mass is 10.3. The van der Waals surface area contributed by atoms with Gasteiger partial charge in [0.2, 0.25) is 0 Å². The van der Waals surface area contributed by atoms with E-state index in [4.69, 9.17) is 5.84 Å². The zero-order valence-corrected chi connectivity index (χ0v) is 5.98. The van der Waals surface area contributed by atoms with Gasteiger partial charge in [-0.25, -0.2) is 5.84 Å². The van der Waals surface area contributed by atoms with Crippen molar-refractivity contribution < 1.29 is 9.40 Å². The molecule has 0 aliphatic rings. The minimum Gasteiger partial charge on any atom is -0.258 e. The fourth-order valence-corrected chi connectivity index (χ4v) is 0.717. The highest BCUT2D eigenvalue weighted by atomic mass is 19.2. The van der Waals surface area contributed by atoms with Crippen LogP contribution in [-0.4, -0.2) is 4.92 Å². The molecule has 0 saturated carbocycles. The van der Waals surface area contributed by atoms with Crippen LogP contribution >= 0.6 is 0 Å². The van der Waals surface area contributed by atoms with E-state index in [9.17, 15) is 14.6 Å². The molecule has 0 unspecified atom stereocenters. The van der Waals surface area contributed by atoms with Crippen molar-refractivity contribution in [3.63, 3.8) is 0 Å². The molecule has 12 heavy (non-hydrogen) atoms. The van der Waals surface area contributed by atoms with Crippen molar-refractivity contribution in [2.45, 2.75) is 0 Å². The van der Waals surface area contributed by atoms with E-state index in [0.29, 0.717) is 0 Å². The van der Waals surface area contributed by atoms with E-state index in [1.54, 1.807) is 0 Å². The average molecular weight is 171 g/mol. The number of nitro benzene ring substituents is 1. The molecule has 1 aromatic rings. The number of hydrogen-bond donors (Lipinski definition) is 1. The average Bonchev–Trinajstić information content (AvgIpc) is 2.04. The second-order valence-corrected chi connectivity index (χ2v) is 2.08. The van der Waals surface area contributed by atoms with Crippen LogP contribution in [0.5, 0.6) is 0 Å². The molecule has 5 nitrogen and oxygen atoms in total. The van der Waals surface area contributed by atoms with Crippen molar-refractivity contribution in [3.8, 4) is 0 Å². The first-order chi connectivity index (χ1) is 5.61. The summed E-state index contributed by atoms with van der Waals surface area (Å²) in [4.78, 5) is 9.58. The maximum Gasteiger partial charge on any atom is 0.269 e. The molecule has 0 amide bonds. The van der Waals surface area contributed by atoms with Gasteiger partial charge in [-0.05, 0) is 12.1 Å². The highest BCUT2D eigenvalue weighted by molar-refractivity contribution is 5.47. The van der Waals surface area contributed by atoms with Crippen molar-refractivity contribution in [2.24, 2.45) is 5.84 Å². The molecule has 0 bridgehead atoms. The summed E-state index contributed by atoms with van der Waals surface area (Å²) < 4.78 is 12.2. The van der Waals surface area contributed by atoms with Gasteiger partial charge in [-0.3, -0.25) is 10.1 Å². The molecular formula is C6H6FN3O2. The van der Waals surface area contributed by atoms with Crippen molar-refractivity contribution in [1.82, 2.24) is 0 Å². The molecule has 0 fully saturated rings. The van der Waals surface area contributed by atoms with E-state index in [0.717, 1.165) is 0 Å². The molecule has 0 aliphatic heterocycles. The summed E-state index contributed by atoms with van der Waals surface area (Å²) in [6.45, 7) is 0. The summed E-state index contributed by atoms with van der Waals surface area (Å²) in [6.07, 6.45) is 0. The second kappa shape index (κ2) is 3.14. The van der Waals surface area contributed by atoms with Crippen LogP contribution < -0.4 is 11.1 Å². The fraction of sp³-hybridized carbons (Fsp3) is 0. The van der Waals surface area contributed by atoms with Crippen LogP contribution in [-0.2, 0) is 0 Å². The lowest BCUT2D eigenvalue weighted by Gasteiger charge is -2.04. The fourth-order valence-electron chi connectivity index (χ4n) is 0.717. The van der Waals surface area contributed by atoms with Crippen LogP contribution in [0.3, 0.4) is 0 Å². The third-order valence-corrected chi connectivity index (χ3v) is 1.31. The molecular weight excluding hydrogens is 165 g/mol. The van der Waals surface area contributed by atoms with Crippen LogP contribution in [0.2, 0.25) is 0 Å². The summed E-state index contributed by atoms with van der Waals surface area (Å²) in [6, 6.07) is 4.79. The van der Waals surface area contributed by atoms with Gasteiger partial charge >= 0.3 is 0 Å². The predicted molar refractivity (Wildman–Crippen MR) is 40.9 cm³/mol. The van der Waals surface area contributed by atoms with Gasteiger partial charge in [0, 0.05) is 12.1 Å². The monoisotopic (exact) mass is 171 g/mol. The Morgan fingerprint density at radius 1 is 1.42 bits per heavy atom. The third kappa shape index (κ3) is 1.67. The minimum absolute atomic E-state index is 0.0700. The van der Waals surface area contributed by atoms with Gasteiger partial charge in [-0.2, -0.15) is 0 Å². The van der Waals surface area contributed by atoms with Crippen LogP contribution in [0.4, 0.5) is 15.9 Å². The molecule has 0 radical (unpaired) electrons. The summed E-state index contributed by atoms with van der Waals surface area (Å²) in [5.41, 5.74) is -0.0267. The smallest absolute Gasteiger partial charge is 0.258 e. The topological polar surface area (TPSA) is 72.4 Å². The van der Waals surface area contributed by atoms with Crippen molar-refractivity contribution in [1.29, 1.82) is 0 Å². The Hall–Kier alpha value is -1.69. The van der Waals surface area contributed by atoms with E-state index in [2.05, 4.69) is 0 Å². The van der Waals surface area contributed by atoms with Crippen LogP contribution in [0.25, 0.3) is 0 Å². The maximum absolute atomic E-state index is 12.2. The number of nitrogens with zero attached hydrogens (tertiary/aromatic N) is 2. The molecule has 1 aromatic carbocycles. The number of anilines is 1. The van der Waals surface area contributed by atoms with E-state index < -0.39 is 4.92 Å². The second-order valence-electron chi connectivity index (χ2n) is 2.08. The third-order valence-electron chi connectivity index (χ3n) is 1.31. The maximum atomic E-state index is 12.2.